The van der Waals surface area contributed by atoms with Gasteiger partial charge < -0.3 is 0 Å². The van der Waals surface area contributed by atoms with Crippen LogP contribution in [0.3, 0.4) is 0 Å². The van der Waals surface area contributed by atoms with Crippen LogP contribution in [-0.4, -0.2) is 15.2 Å². The Labute approximate surface area is 57.7 Å². The first kappa shape index (κ1) is 6.62. The Kier molecular flexibility index (Phi) is 1.59. The van der Waals surface area contributed by atoms with Gasteiger partial charge in [-0.15, -0.1) is 6.42 Å². The average molecular weight is 137 g/mol. The van der Waals surface area contributed by atoms with Crippen molar-refractivity contribution in [2.45, 2.75) is 12.8 Å². The molecule has 0 aliphatic rings. The number of rotatable bonds is 1. The molecule has 0 aliphatic heterocycles. The number of nitrogens with one attached hydrogen (secondary N) is 2. The van der Waals surface area contributed by atoms with Crippen molar-refractivity contribution >= 4 is 0 Å². The molecule has 0 amide bonds. The molecular formula is C6H7N3O. The first-order valence-electron chi connectivity index (χ1n) is 2.84. The maximum absolute atomic E-state index is 10.5. The maximum atomic E-state index is 10.5. The fraction of sp³-hybridized carbons (Fsp3) is 0.333. The standard InChI is InChI=1S/C6H7N3O/c1-3-4(2)5-7-6(10)9-8-5/h1,4H,2H3,(H2,7,8,9,10). The topological polar surface area (TPSA) is 61.5 Å². The summed E-state index contributed by atoms with van der Waals surface area (Å²) >= 11 is 0. The van der Waals surface area contributed by atoms with E-state index in [1.807, 2.05) is 0 Å². The molecular weight excluding hydrogens is 130 g/mol. The van der Waals surface area contributed by atoms with Crippen LogP contribution in [0.25, 0.3) is 0 Å². The molecule has 1 atom stereocenters. The smallest absolute Gasteiger partial charge is 0.292 e. The van der Waals surface area contributed by atoms with Crippen molar-refractivity contribution in [2.75, 3.05) is 0 Å². The van der Waals surface area contributed by atoms with Crippen LogP contribution in [0, 0.1) is 12.3 Å². The molecule has 0 aliphatic carbocycles. The number of H-pyrrole nitrogens is 2. The van der Waals surface area contributed by atoms with Gasteiger partial charge in [0.2, 0.25) is 0 Å². The Morgan fingerprint density at radius 1 is 1.80 bits per heavy atom. The molecule has 0 aromatic carbocycles. The zero-order chi connectivity index (χ0) is 7.56. The summed E-state index contributed by atoms with van der Waals surface area (Å²) in [6, 6.07) is 0. The summed E-state index contributed by atoms with van der Waals surface area (Å²) in [7, 11) is 0. The molecule has 1 rings (SSSR count). The Bertz CT molecular complexity index is 303. The molecule has 4 nitrogen and oxygen atoms in total. The van der Waals surface area contributed by atoms with Crippen molar-refractivity contribution in [3.8, 4) is 12.3 Å². The fourth-order valence-corrected chi connectivity index (χ4v) is 0.567. The van der Waals surface area contributed by atoms with Crippen LogP contribution in [-0.2, 0) is 0 Å². The summed E-state index contributed by atoms with van der Waals surface area (Å²) < 4.78 is 0. The van der Waals surface area contributed by atoms with Crippen molar-refractivity contribution in [3.63, 3.8) is 0 Å². The van der Waals surface area contributed by atoms with Gasteiger partial charge in [0.15, 0.2) is 0 Å². The van der Waals surface area contributed by atoms with Crippen LogP contribution in [0.4, 0.5) is 0 Å². The van der Waals surface area contributed by atoms with Crippen molar-refractivity contribution in [1.82, 2.24) is 15.2 Å². The van der Waals surface area contributed by atoms with E-state index in [2.05, 4.69) is 21.1 Å². The molecule has 52 valence electrons. The lowest BCUT2D eigenvalue weighted by Crippen LogP contribution is -2.01. The molecule has 0 radical (unpaired) electrons. The zero-order valence-corrected chi connectivity index (χ0v) is 5.51. The predicted octanol–water partition coefficient (Wildman–Crippen LogP) is -0.165. The highest BCUT2D eigenvalue weighted by molar-refractivity contribution is 5.08. The molecule has 0 fully saturated rings. The zero-order valence-electron chi connectivity index (χ0n) is 5.51. The summed E-state index contributed by atoms with van der Waals surface area (Å²) in [4.78, 5) is 12.9. The Balaban J connectivity index is 2.98. The number of aromatic amines is 2. The van der Waals surface area contributed by atoms with Gasteiger partial charge in [0.25, 0.3) is 0 Å². The van der Waals surface area contributed by atoms with Gasteiger partial charge in [-0.05, 0) is 6.92 Å². The second-order valence-electron chi connectivity index (χ2n) is 1.95. The van der Waals surface area contributed by atoms with Gasteiger partial charge in [-0.2, -0.15) is 5.10 Å². The first-order chi connectivity index (χ1) is 4.74. The van der Waals surface area contributed by atoms with E-state index < -0.39 is 0 Å². The summed E-state index contributed by atoms with van der Waals surface area (Å²) in [6.07, 6.45) is 5.09. The minimum absolute atomic E-state index is 0.140. The molecule has 0 spiro atoms. The van der Waals surface area contributed by atoms with Gasteiger partial charge in [-0.25, -0.2) is 9.89 Å². The van der Waals surface area contributed by atoms with E-state index in [0.29, 0.717) is 5.82 Å². The lowest BCUT2D eigenvalue weighted by Gasteiger charge is -1.93. The molecule has 0 bridgehead atoms. The number of nitrogens with zero attached hydrogens (tertiary/aromatic N) is 1. The van der Waals surface area contributed by atoms with E-state index in [4.69, 9.17) is 6.42 Å². The third-order valence-electron chi connectivity index (χ3n) is 1.18. The van der Waals surface area contributed by atoms with Gasteiger partial charge in [0.05, 0.1) is 5.92 Å². The van der Waals surface area contributed by atoms with E-state index in [0.717, 1.165) is 0 Å². The van der Waals surface area contributed by atoms with Crippen LogP contribution in [0.2, 0.25) is 0 Å². The molecule has 1 unspecified atom stereocenters. The average Bonchev–Trinajstić information content (AvgIpc) is 2.34. The molecule has 0 saturated carbocycles. The third kappa shape index (κ3) is 1.08. The quantitative estimate of drug-likeness (QED) is 0.528. The van der Waals surface area contributed by atoms with Crippen LogP contribution < -0.4 is 5.69 Å². The maximum Gasteiger partial charge on any atom is 0.340 e. The number of hydrogen-bond donors (Lipinski definition) is 2. The predicted molar refractivity (Wildman–Crippen MR) is 36.5 cm³/mol. The highest BCUT2D eigenvalue weighted by Crippen LogP contribution is 2.03. The van der Waals surface area contributed by atoms with Gasteiger partial charge in [-0.1, -0.05) is 5.92 Å². The van der Waals surface area contributed by atoms with Crippen molar-refractivity contribution in [2.24, 2.45) is 0 Å². The second kappa shape index (κ2) is 2.40. The van der Waals surface area contributed by atoms with E-state index in [-0.39, 0.29) is 11.6 Å². The first-order valence-corrected chi connectivity index (χ1v) is 2.84. The van der Waals surface area contributed by atoms with Gasteiger partial charge in [0, 0.05) is 0 Å². The van der Waals surface area contributed by atoms with E-state index >= 15 is 0 Å². The number of terminal acetylenes is 1. The lowest BCUT2D eigenvalue weighted by molar-refractivity contribution is 0.873. The molecule has 4 heteroatoms. The van der Waals surface area contributed by atoms with Gasteiger partial charge >= 0.3 is 5.69 Å². The largest absolute Gasteiger partial charge is 0.340 e. The summed E-state index contributed by atoms with van der Waals surface area (Å²) in [5.41, 5.74) is -0.322. The Hall–Kier alpha value is -1.50. The molecule has 1 aromatic rings. The number of aromatic nitrogens is 3. The molecule has 0 saturated heterocycles. The van der Waals surface area contributed by atoms with Crippen LogP contribution in [0.1, 0.15) is 18.7 Å². The Morgan fingerprint density at radius 2 is 2.50 bits per heavy atom. The third-order valence-corrected chi connectivity index (χ3v) is 1.18. The van der Waals surface area contributed by atoms with E-state index in [9.17, 15) is 4.79 Å². The number of hydrogen-bond acceptors (Lipinski definition) is 2. The molecule has 1 aromatic heterocycles. The van der Waals surface area contributed by atoms with Crippen LogP contribution in [0.15, 0.2) is 4.79 Å². The summed E-state index contributed by atoms with van der Waals surface area (Å²) in [6.45, 7) is 1.78. The fourth-order valence-electron chi connectivity index (χ4n) is 0.567. The summed E-state index contributed by atoms with van der Waals surface area (Å²) in [5.74, 6) is 2.81. The van der Waals surface area contributed by atoms with Crippen LogP contribution in [0.5, 0.6) is 0 Å². The van der Waals surface area contributed by atoms with Crippen molar-refractivity contribution in [1.29, 1.82) is 0 Å². The highest BCUT2D eigenvalue weighted by Gasteiger charge is 2.03. The van der Waals surface area contributed by atoms with Crippen LogP contribution >= 0.6 is 0 Å². The van der Waals surface area contributed by atoms with E-state index in [1.165, 1.54) is 0 Å². The highest BCUT2D eigenvalue weighted by atomic mass is 16.1. The van der Waals surface area contributed by atoms with Crippen molar-refractivity contribution < 1.29 is 0 Å². The van der Waals surface area contributed by atoms with Crippen molar-refractivity contribution in [3.05, 3.63) is 16.3 Å². The Morgan fingerprint density at radius 3 is 2.90 bits per heavy atom. The minimum Gasteiger partial charge on any atom is -0.292 e. The minimum atomic E-state index is -0.322. The summed E-state index contributed by atoms with van der Waals surface area (Å²) in [5, 5.41) is 5.88. The molecule has 10 heavy (non-hydrogen) atoms. The lowest BCUT2D eigenvalue weighted by atomic mass is 10.2. The monoisotopic (exact) mass is 137 g/mol. The normalized spacial score (nSPS) is 12.4. The molecule has 1 heterocycles. The van der Waals surface area contributed by atoms with Gasteiger partial charge in [-0.3, -0.25) is 4.98 Å². The SMILES string of the molecule is C#CC(C)c1n[nH]c(=O)[nH]1. The van der Waals surface area contributed by atoms with Gasteiger partial charge in [0.1, 0.15) is 5.82 Å². The van der Waals surface area contributed by atoms with E-state index in [1.54, 1.807) is 6.92 Å². The second-order valence-corrected chi connectivity index (χ2v) is 1.95. The molecule has 2 N–H and O–H groups in total.